The van der Waals surface area contributed by atoms with E-state index in [9.17, 15) is 0 Å². The molecule has 2 aliphatic rings. The summed E-state index contributed by atoms with van der Waals surface area (Å²) in [7, 11) is 1.82. The predicted molar refractivity (Wildman–Crippen MR) is 115 cm³/mol. The van der Waals surface area contributed by atoms with Gasteiger partial charge in [-0.15, -0.1) is 0 Å². The van der Waals surface area contributed by atoms with Crippen LogP contribution in [0.4, 0.5) is 0 Å². The standard InChI is InChI=1S/C8H16O.C7H14O.C4H10.2C2H6/c1-7-3-5-8(9-2)6-4-7;1-6-2-4-7(8)5-3-6;1-4(2)3;2*1-2/h7-8H,3-6H2,1-2H3;6-8H,2-5H2,1H3;4H,1-3H3;2*1-2H3. The van der Waals surface area contributed by atoms with E-state index in [0.717, 1.165) is 30.6 Å². The Hall–Kier alpha value is -0.0800. The van der Waals surface area contributed by atoms with E-state index in [2.05, 4.69) is 34.6 Å². The van der Waals surface area contributed by atoms with Crippen molar-refractivity contribution in [3.05, 3.63) is 0 Å². The average molecular weight is 361 g/mol. The van der Waals surface area contributed by atoms with E-state index < -0.39 is 0 Å². The van der Waals surface area contributed by atoms with Crippen molar-refractivity contribution >= 4 is 0 Å². The number of rotatable bonds is 1. The van der Waals surface area contributed by atoms with Crippen molar-refractivity contribution in [2.45, 2.75) is 126 Å². The Kier molecular flexibility index (Phi) is 26.1. The Balaban J connectivity index is -0.000000278. The molecule has 0 unspecified atom stereocenters. The van der Waals surface area contributed by atoms with Crippen molar-refractivity contribution in [2.75, 3.05) is 7.11 Å². The van der Waals surface area contributed by atoms with Gasteiger partial charge in [-0.25, -0.2) is 0 Å². The van der Waals surface area contributed by atoms with Crippen LogP contribution in [0.25, 0.3) is 0 Å². The summed E-state index contributed by atoms with van der Waals surface area (Å²) in [6.07, 6.45) is 10.4. The van der Waals surface area contributed by atoms with Crippen LogP contribution in [0.2, 0.25) is 0 Å². The first-order valence-electron chi connectivity index (χ1n) is 11.1. The molecule has 156 valence electrons. The molecule has 0 aliphatic heterocycles. The Labute approximate surface area is 161 Å². The first-order chi connectivity index (χ1) is 11.8. The summed E-state index contributed by atoms with van der Waals surface area (Å²) in [5.74, 6) is 2.63. The van der Waals surface area contributed by atoms with E-state index in [4.69, 9.17) is 9.84 Å². The normalized spacial score (nSPS) is 27.8. The van der Waals surface area contributed by atoms with Crippen molar-refractivity contribution in [3.63, 3.8) is 0 Å². The number of methoxy groups -OCH3 is 1. The Morgan fingerprint density at radius 1 is 0.680 bits per heavy atom. The smallest absolute Gasteiger partial charge is 0.0571 e. The largest absolute Gasteiger partial charge is 0.393 e. The van der Waals surface area contributed by atoms with Crippen LogP contribution >= 0.6 is 0 Å². The van der Waals surface area contributed by atoms with Crippen LogP contribution in [0.15, 0.2) is 0 Å². The fourth-order valence-corrected chi connectivity index (χ4v) is 2.71. The number of aliphatic hydroxyl groups is 1. The molecule has 0 spiro atoms. The van der Waals surface area contributed by atoms with E-state index in [0.29, 0.717) is 6.10 Å². The maximum absolute atomic E-state index is 9.03. The molecule has 2 fully saturated rings. The van der Waals surface area contributed by atoms with Crippen LogP contribution in [0.1, 0.15) is 114 Å². The number of ether oxygens (including phenoxy) is 1. The summed E-state index contributed by atoms with van der Waals surface area (Å²) in [4.78, 5) is 0. The number of hydrogen-bond donors (Lipinski definition) is 1. The van der Waals surface area contributed by atoms with Gasteiger partial charge in [-0.2, -0.15) is 0 Å². The van der Waals surface area contributed by atoms with Gasteiger partial charge in [-0.1, -0.05) is 62.3 Å². The minimum Gasteiger partial charge on any atom is -0.393 e. The van der Waals surface area contributed by atoms with Gasteiger partial charge in [0.05, 0.1) is 12.2 Å². The first kappa shape index (κ1) is 29.7. The van der Waals surface area contributed by atoms with Crippen molar-refractivity contribution in [2.24, 2.45) is 17.8 Å². The van der Waals surface area contributed by atoms with E-state index in [-0.39, 0.29) is 6.10 Å². The van der Waals surface area contributed by atoms with Crippen molar-refractivity contribution in [1.82, 2.24) is 0 Å². The molecule has 2 nitrogen and oxygen atoms in total. The van der Waals surface area contributed by atoms with Crippen LogP contribution in [0.3, 0.4) is 0 Å². The lowest BCUT2D eigenvalue weighted by Crippen LogP contribution is -2.18. The third-order valence-corrected chi connectivity index (χ3v) is 4.28. The highest BCUT2D eigenvalue weighted by Crippen LogP contribution is 2.24. The van der Waals surface area contributed by atoms with Crippen LogP contribution in [0.5, 0.6) is 0 Å². The van der Waals surface area contributed by atoms with Gasteiger partial charge in [0, 0.05) is 7.11 Å². The molecule has 0 atom stereocenters. The highest BCUT2D eigenvalue weighted by atomic mass is 16.5. The summed E-state index contributed by atoms with van der Waals surface area (Å²) in [6.45, 7) is 19.1. The maximum atomic E-state index is 9.03. The predicted octanol–water partition coefficient (Wildman–Crippen LogP) is 7.48. The van der Waals surface area contributed by atoms with E-state index >= 15 is 0 Å². The zero-order valence-corrected chi connectivity index (χ0v) is 19.4. The van der Waals surface area contributed by atoms with Crippen molar-refractivity contribution in [3.8, 4) is 0 Å². The minimum absolute atomic E-state index is 0.0196. The third-order valence-electron chi connectivity index (χ3n) is 4.28. The van der Waals surface area contributed by atoms with Crippen LogP contribution < -0.4 is 0 Å². The SMILES string of the molecule is CC.CC.CC(C)C.CC1CCC(O)CC1.COC1CCC(C)CC1. The highest BCUT2D eigenvalue weighted by Gasteiger charge is 2.16. The molecule has 0 bridgehead atoms. The number of hydrogen-bond acceptors (Lipinski definition) is 2. The van der Waals surface area contributed by atoms with Crippen molar-refractivity contribution in [1.29, 1.82) is 0 Å². The number of aliphatic hydroxyl groups excluding tert-OH is 1. The second-order valence-electron chi connectivity index (χ2n) is 7.76. The molecule has 0 amide bonds. The van der Waals surface area contributed by atoms with Crippen LogP contribution in [-0.2, 0) is 4.74 Å². The molecule has 0 heterocycles. The van der Waals surface area contributed by atoms with E-state index in [1.165, 1.54) is 38.5 Å². The van der Waals surface area contributed by atoms with Gasteiger partial charge in [0.15, 0.2) is 0 Å². The molecule has 2 saturated carbocycles. The molecule has 2 heteroatoms. The zero-order valence-electron chi connectivity index (χ0n) is 19.4. The second kappa shape index (κ2) is 22.0. The quantitative estimate of drug-likeness (QED) is 0.525. The molecule has 2 rings (SSSR count). The van der Waals surface area contributed by atoms with Gasteiger partial charge < -0.3 is 9.84 Å². The monoisotopic (exact) mass is 360 g/mol. The van der Waals surface area contributed by atoms with Gasteiger partial charge >= 0.3 is 0 Å². The summed E-state index contributed by atoms with van der Waals surface area (Å²) in [5, 5.41) is 9.03. The molecule has 25 heavy (non-hydrogen) atoms. The summed E-state index contributed by atoms with van der Waals surface area (Å²) < 4.78 is 5.24. The fourth-order valence-electron chi connectivity index (χ4n) is 2.71. The first-order valence-corrected chi connectivity index (χ1v) is 11.1. The second-order valence-corrected chi connectivity index (χ2v) is 7.76. The third kappa shape index (κ3) is 23.9. The van der Waals surface area contributed by atoms with Crippen molar-refractivity contribution < 1.29 is 9.84 Å². The average Bonchev–Trinajstić information content (AvgIpc) is 2.62. The molecule has 0 aromatic rings. The molecule has 0 saturated heterocycles. The lowest BCUT2D eigenvalue weighted by atomic mass is 9.89. The summed E-state index contributed by atoms with van der Waals surface area (Å²) in [5.41, 5.74) is 0. The van der Waals surface area contributed by atoms with Gasteiger partial charge in [-0.3, -0.25) is 0 Å². The fraction of sp³-hybridized carbons (Fsp3) is 1.00. The van der Waals surface area contributed by atoms with Gasteiger partial charge in [0.25, 0.3) is 0 Å². The van der Waals surface area contributed by atoms with Gasteiger partial charge in [-0.05, 0) is 69.1 Å². The maximum Gasteiger partial charge on any atom is 0.0571 e. The molecule has 0 aromatic carbocycles. The Morgan fingerprint density at radius 2 is 0.960 bits per heavy atom. The lowest BCUT2D eigenvalue weighted by molar-refractivity contribution is 0.0593. The van der Waals surface area contributed by atoms with Crippen LogP contribution in [-0.4, -0.2) is 24.4 Å². The molecular weight excluding hydrogens is 308 g/mol. The van der Waals surface area contributed by atoms with Gasteiger partial charge in [0.2, 0.25) is 0 Å². The molecular formula is C23H52O2. The zero-order chi connectivity index (χ0) is 20.3. The minimum atomic E-state index is 0.0196. The molecule has 0 radical (unpaired) electrons. The topological polar surface area (TPSA) is 29.5 Å². The lowest BCUT2D eigenvalue weighted by Gasteiger charge is -2.24. The summed E-state index contributed by atoms with van der Waals surface area (Å²) >= 11 is 0. The van der Waals surface area contributed by atoms with Gasteiger partial charge in [0.1, 0.15) is 0 Å². The highest BCUT2D eigenvalue weighted by molar-refractivity contribution is 4.69. The van der Waals surface area contributed by atoms with Crippen LogP contribution in [0, 0.1) is 17.8 Å². The molecule has 1 N–H and O–H groups in total. The molecule has 2 aliphatic carbocycles. The van der Waals surface area contributed by atoms with E-state index in [1.54, 1.807) is 0 Å². The Bertz CT molecular complexity index is 199. The van der Waals surface area contributed by atoms with E-state index in [1.807, 2.05) is 34.8 Å². The summed E-state index contributed by atoms with van der Waals surface area (Å²) in [6, 6.07) is 0. The molecule has 0 aromatic heterocycles. The Morgan fingerprint density at radius 3 is 1.20 bits per heavy atom.